The molecular formula is C14H16N4O2S. The fraction of sp³-hybridized carbons (Fsp3) is 0.286. The van der Waals surface area contributed by atoms with Crippen molar-refractivity contribution in [2.24, 2.45) is 7.05 Å². The molecule has 0 unspecified atom stereocenters. The predicted molar refractivity (Wildman–Crippen MR) is 79.3 cm³/mol. The number of hydrogen-bond donors (Lipinski definition) is 1. The molecule has 2 aromatic rings. The summed E-state index contributed by atoms with van der Waals surface area (Å²) in [7, 11) is -2.02. The third kappa shape index (κ3) is 3.06. The lowest BCUT2D eigenvalue weighted by atomic mass is 10.2. The minimum Gasteiger partial charge on any atom is -0.276 e. The first-order chi connectivity index (χ1) is 9.87. The summed E-state index contributed by atoms with van der Waals surface area (Å²) in [5, 5.41) is 13.1. The number of aryl methyl sites for hydroxylation is 3. The van der Waals surface area contributed by atoms with E-state index in [1.807, 2.05) is 13.0 Å². The van der Waals surface area contributed by atoms with Crippen LogP contribution in [0.3, 0.4) is 0 Å². The van der Waals surface area contributed by atoms with Crippen LogP contribution in [0.15, 0.2) is 29.3 Å². The van der Waals surface area contributed by atoms with Gasteiger partial charge in [0.2, 0.25) is 0 Å². The van der Waals surface area contributed by atoms with E-state index in [-0.39, 0.29) is 4.90 Å². The average molecular weight is 304 g/mol. The second-order valence-corrected chi connectivity index (χ2v) is 6.37. The summed E-state index contributed by atoms with van der Waals surface area (Å²) < 4.78 is 29.1. The van der Waals surface area contributed by atoms with Gasteiger partial charge in [0.25, 0.3) is 10.0 Å². The number of sulfonamides is 1. The standard InChI is InChI=1S/C14H16N4O2S/c1-4-12-13(9-18(3)16-12)17-21(19,20)14-7-11(8-15)6-5-10(14)2/h5-7,9,17H,4H2,1-3H3. The Bertz CT molecular complexity index is 816. The number of hydrogen-bond acceptors (Lipinski definition) is 4. The van der Waals surface area contributed by atoms with Crippen molar-refractivity contribution in [1.82, 2.24) is 9.78 Å². The summed E-state index contributed by atoms with van der Waals surface area (Å²) in [6, 6.07) is 6.54. The van der Waals surface area contributed by atoms with E-state index in [9.17, 15) is 8.42 Å². The predicted octanol–water partition coefficient (Wildman–Crippen LogP) is 1.96. The number of benzene rings is 1. The van der Waals surface area contributed by atoms with Crippen LogP contribution in [0.5, 0.6) is 0 Å². The maximum Gasteiger partial charge on any atom is 0.262 e. The molecule has 1 N–H and O–H groups in total. The second kappa shape index (κ2) is 5.58. The van der Waals surface area contributed by atoms with Gasteiger partial charge < -0.3 is 0 Å². The van der Waals surface area contributed by atoms with E-state index in [0.29, 0.717) is 28.9 Å². The van der Waals surface area contributed by atoms with Crippen LogP contribution in [0.25, 0.3) is 0 Å². The zero-order valence-corrected chi connectivity index (χ0v) is 12.9. The lowest BCUT2D eigenvalue weighted by Gasteiger charge is -2.10. The Kier molecular flexibility index (Phi) is 4.00. The van der Waals surface area contributed by atoms with E-state index in [1.54, 1.807) is 37.0 Å². The zero-order valence-electron chi connectivity index (χ0n) is 12.1. The van der Waals surface area contributed by atoms with E-state index in [1.165, 1.54) is 6.07 Å². The fourth-order valence-electron chi connectivity index (χ4n) is 2.04. The molecule has 6 nitrogen and oxygen atoms in total. The Balaban J connectivity index is 2.46. The van der Waals surface area contributed by atoms with Crippen LogP contribution in [-0.2, 0) is 23.5 Å². The maximum absolute atomic E-state index is 12.5. The van der Waals surface area contributed by atoms with E-state index >= 15 is 0 Å². The minimum absolute atomic E-state index is 0.104. The molecule has 0 saturated carbocycles. The normalized spacial score (nSPS) is 11.1. The van der Waals surface area contributed by atoms with E-state index in [0.717, 1.165) is 0 Å². The lowest BCUT2D eigenvalue weighted by molar-refractivity contribution is 0.600. The fourth-order valence-corrected chi connectivity index (χ4v) is 3.38. The SMILES string of the molecule is CCc1nn(C)cc1NS(=O)(=O)c1cc(C#N)ccc1C. The molecule has 1 aromatic heterocycles. The van der Waals surface area contributed by atoms with Gasteiger partial charge >= 0.3 is 0 Å². The van der Waals surface area contributed by atoms with Gasteiger partial charge in [0.15, 0.2) is 0 Å². The Morgan fingerprint density at radius 1 is 1.43 bits per heavy atom. The monoisotopic (exact) mass is 304 g/mol. The molecule has 1 heterocycles. The molecule has 0 spiro atoms. The first-order valence-corrected chi connectivity index (χ1v) is 7.91. The molecular weight excluding hydrogens is 288 g/mol. The van der Waals surface area contributed by atoms with Crippen molar-refractivity contribution in [2.75, 3.05) is 4.72 Å². The van der Waals surface area contributed by atoms with Gasteiger partial charge in [0.05, 0.1) is 27.9 Å². The summed E-state index contributed by atoms with van der Waals surface area (Å²) in [4.78, 5) is 0.104. The zero-order chi connectivity index (χ0) is 15.6. The van der Waals surface area contributed by atoms with Gasteiger partial charge in [-0.05, 0) is 31.0 Å². The smallest absolute Gasteiger partial charge is 0.262 e. The number of aromatic nitrogens is 2. The molecule has 0 amide bonds. The third-order valence-electron chi connectivity index (χ3n) is 3.09. The number of nitrogens with one attached hydrogen (secondary N) is 1. The Morgan fingerprint density at radius 3 is 2.76 bits per heavy atom. The summed E-state index contributed by atoms with van der Waals surface area (Å²) in [6.07, 6.45) is 2.25. The van der Waals surface area contributed by atoms with Crippen LogP contribution in [0.1, 0.15) is 23.7 Å². The summed E-state index contributed by atoms with van der Waals surface area (Å²) in [5.74, 6) is 0. The molecule has 21 heavy (non-hydrogen) atoms. The van der Waals surface area contributed by atoms with Crippen molar-refractivity contribution in [3.05, 3.63) is 41.2 Å². The van der Waals surface area contributed by atoms with Crippen LogP contribution in [0.4, 0.5) is 5.69 Å². The minimum atomic E-state index is -3.75. The Hall–Kier alpha value is -2.33. The molecule has 0 atom stereocenters. The molecule has 0 aliphatic heterocycles. The van der Waals surface area contributed by atoms with Gasteiger partial charge in [-0.2, -0.15) is 10.4 Å². The maximum atomic E-state index is 12.5. The Morgan fingerprint density at radius 2 is 2.14 bits per heavy atom. The Labute approximate surface area is 124 Å². The molecule has 1 aromatic carbocycles. The summed E-state index contributed by atoms with van der Waals surface area (Å²) >= 11 is 0. The van der Waals surface area contributed by atoms with Gasteiger partial charge in [-0.3, -0.25) is 9.40 Å². The van der Waals surface area contributed by atoms with Gasteiger partial charge in [-0.15, -0.1) is 0 Å². The highest BCUT2D eigenvalue weighted by atomic mass is 32.2. The molecule has 2 rings (SSSR count). The van der Waals surface area contributed by atoms with Gasteiger partial charge in [-0.25, -0.2) is 8.42 Å². The molecule has 0 saturated heterocycles. The van der Waals surface area contributed by atoms with Gasteiger partial charge in [-0.1, -0.05) is 13.0 Å². The van der Waals surface area contributed by atoms with Crippen LogP contribution in [-0.4, -0.2) is 18.2 Å². The summed E-state index contributed by atoms with van der Waals surface area (Å²) in [6.45, 7) is 3.60. The van der Waals surface area contributed by atoms with Crippen molar-refractivity contribution in [1.29, 1.82) is 5.26 Å². The lowest BCUT2D eigenvalue weighted by Crippen LogP contribution is -2.15. The van der Waals surface area contributed by atoms with Gasteiger partial charge in [0, 0.05) is 13.2 Å². The number of nitriles is 1. The molecule has 110 valence electrons. The van der Waals surface area contributed by atoms with Crippen molar-refractivity contribution in [2.45, 2.75) is 25.2 Å². The van der Waals surface area contributed by atoms with Gasteiger partial charge in [0.1, 0.15) is 0 Å². The first kappa shape index (κ1) is 15.1. The van der Waals surface area contributed by atoms with E-state index in [2.05, 4.69) is 9.82 Å². The molecule has 0 fully saturated rings. The molecule has 0 radical (unpaired) electrons. The number of rotatable bonds is 4. The van der Waals surface area contributed by atoms with E-state index in [4.69, 9.17) is 5.26 Å². The molecule has 7 heteroatoms. The van der Waals surface area contributed by atoms with Crippen molar-refractivity contribution in [3.63, 3.8) is 0 Å². The van der Waals surface area contributed by atoms with Crippen LogP contribution >= 0.6 is 0 Å². The first-order valence-electron chi connectivity index (χ1n) is 6.43. The van der Waals surface area contributed by atoms with Crippen molar-refractivity contribution < 1.29 is 8.42 Å². The quantitative estimate of drug-likeness (QED) is 0.935. The largest absolute Gasteiger partial charge is 0.276 e. The highest BCUT2D eigenvalue weighted by Gasteiger charge is 2.20. The highest BCUT2D eigenvalue weighted by molar-refractivity contribution is 7.92. The topological polar surface area (TPSA) is 87.8 Å². The van der Waals surface area contributed by atoms with Crippen LogP contribution < -0.4 is 4.72 Å². The van der Waals surface area contributed by atoms with Crippen LogP contribution in [0.2, 0.25) is 0 Å². The third-order valence-corrected chi connectivity index (χ3v) is 4.60. The average Bonchev–Trinajstić information content (AvgIpc) is 2.78. The molecule has 0 bridgehead atoms. The van der Waals surface area contributed by atoms with Crippen molar-refractivity contribution >= 4 is 15.7 Å². The summed E-state index contributed by atoms with van der Waals surface area (Å²) in [5.41, 5.74) is 2.03. The van der Waals surface area contributed by atoms with Crippen LogP contribution in [0, 0.1) is 18.3 Å². The number of anilines is 1. The second-order valence-electron chi connectivity index (χ2n) is 4.71. The molecule has 0 aliphatic rings. The van der Waals surface area contributed by atoms with E-state index < -0.39 is 10.0 Å². The number of nitrogens with zero attached hydrogens (tertiary/aromatic N) is 3. The highest BCUT2D eigenvalue weighted by Crippen LogP contribution is 2.22. The molecule has 0 aliphatic carbocycles. The van der Waals surface area contributed by atoms with Crippen molar-refractivity contribution in [3.8, 4) is 6.07 Å².